The second kappa shape index (κ2) is 8.47. The molecule has 0 fully saturated rings. The number of amides is 1. The van der Waals surface area contributed by atoms with Gasteiger partial charge in [0.2, 0.25) is 0 Å². The molecular formula is C21H23N3O4. The summed E-state index contributed by atoms with van der Waals surface area (Å²) in [5, 5.41) is 10.4. The summed E-state index contributed by atoms with van der Waals surface area (Å²) in [6.07, 6.45) is 0.680. The number of hydrogen-bond donors (Lipinski definition) is 2. The van der Waals surface area contributed by atoms with Gasteiger partial charge in [-0.1, -0.05) is 19.1 Å². The molecule has 7 nitrogen and oxygen atoms in total. The lowest BCUT2D eigenvalue weighted by atomic mass is 10.1. The highest BCUT2D eigenvalue weighted by Gasteiger charge is 2.20. The first-order valence-electron chi connectivity index (χ1n) is 8.86. The van der Waals surface area contributed by atoms with E-state index in [0.717, 1.165) is 11.3 Å². The van der Waals surface area contributed by atoms with Gasteiger partial charge in [0.05, 0.1) is 32.7 Å². The summed E-state index contributed by atoms with van der Waals surface area (Å²) < 4.78 is 16.0. The van der Waals surface area contributed by atoms with Crippen molar-refractivity contribution in [2.45, 2.75) is 13.3 Å². The third-order valence-electron chi connectivity index (χ3n) is 4.41. The van der Waals surface area contributed by atoms with Gasteiger partial charge in [-0.2, -0.15) is 5.10 Å². The molecule has 0 aliphatic rings. The Hall–Kier alpha value is -3.48. The highest BCUT2D eigenvalue weighted by Crippen LogP contribution is 2.35. The van der Waals surface area contributed by atoms with E-state index in [1.54, 1.807) is 39.5 Å². The highest BCUT2D eigenvalue weighted by atomic mass is 16.5. The summed E-state index contributed by atoms with van der Waals surface area (Å²) in [5.74, 6) is 1.47. The predicted octanol–water partition coefficient (Wildman–Crippen LogP) is 3.92. The number of nitrogens with zero attached hydrogens (tertiary/aromatic N) is 1. The SMILES string of the molecule is CCc1[nH]nc(-c2ccccc2OC)c1NC(=O)c1cc(OC)cc(OC)c1. The number of carbonyl (C=O) groups is 1. The first kappa shape index (κ1) is 19.3. The molecule has 7 heteroatoms. The van der Waals surface area contributed by atoms with Crippen molar-refractivity contribution in [3.63, 3.8) is 0 Å². The average molecular weight is 381 g/mol. The number of aromatic amines is 1. The van der Waals surface area contributed by atoms with E-state index >= 15 is 0 Å². The lowest BCUT2D eigenvalue weighted by Crippen LogP contribution is -2.13. The largest absolute Gasteiger partial charge is 0.497 e. The number of anilines is 1. The van der Waals surface area contributed by atoms with Crippen LogP contribution in [0.2, 0.25) is 0 Å². The van der Waals surface area contributed by atoms with Crippen molar-refractivity contribution in [2.24, 2.45) is 0 Å². The average Bonchev–Trinajstić information content (AvgIpc) is 3.15. The standard InChI is InChI=1S/C21H23N3O4/c1-5-17-20(19(24-23-17)16-8-6-7-9-18(16)28-4)22-21(25)13-10-14(26-2)12-15(11-13)27-3/h6-12H,5H2,1-4H3,(H,22,25)(H,23,24). The fourth-order valence-corrected chi connectivity index (χ4v) is 2.93. The van der Waals surface area contributed by atoms with Crippen LogP contribution in [-0.4, -0.2) is 37.4 Å². The van der Waals surface area contributed by atoms with Crippen LogP contribution in [0.15, 0.2) is 42.5 Å². The number of benzene rings is 2. The summed E-state index contributed by atoms with van der Waals surface area (Å²) in [6.45, 7) is 1.99. The van der Waals surface area contributed by atoms with E-state index in [-0.39, 0.29) is 5.91 Å². The Bertz CT molecular complexity index is 959. The summed E-state index contributed by atoms with van der Waals surface area (Å²) in [6, 6.07) is 12.6. The van der Waals surface area contributed by atoms with E-state index in [0.29, 0.717) is 40.6 Å². The van der Waals surface area contributed by atoms with Crippen LogP contribution in [0.3, 0.4) is 0 Å². The topological polar surface area (TPSA) is 85.5 Å². The number of rotatable bonds is 7. The van der Waals surface area contributed by atoms with Gasteiger partial charge >= 0.3 is 0 Å². The monoisotopic (exact) mass is 381 g/mol. The van der Waals surface area contributed by atoms with E-state index in [4.69, 9.17) is 14.2 Å². The Morgan fingerprint density at radius 3 is 2.32 bits per heavy atom. The van der Waals surface area contributed by atoms with Gasteiger partial charge in [0.1, 0.15) is 22.9 Å². The van der Waals surface area contributed by atoms with Crippen molar-refractivity contribution in [3.8, 4) is 28.5 Å². The zero-order valence-electron chi connectivity index (χ0n) is 16.3. The molecule has 28 heavy (non-hydrogen) atoms. The molecule has 1 heterocycles. The molecule has 0 saturated heterocycles. The van der Waals surface area contributed by atoms with Crippen molar-refractivity contribution in [1.29, 1.82) is 0 Å². The maximum atomic E-state index is 13.0. The molecule has 1 aromatic heterocycles. The van der Waals surface area contributed by atoms with Gasteiger partial charge in [-0.15, -0.1) is 0 Å². The van der Waals surface area contributed by atoms with Crippen LogP contribution in [0.5, 0.6) is 17.2 Å². The lowest BCUT2D eigenvalue weighted by Gasteiger charge is -2.12. The number of nitrogens with one attached hydrogen (secondary N) is 2. The van der Waals surface area contributed by atoms with Gasteiger partial charge in [0, 0.05) is 17.2 Å². The molecule has 3 rings (SSSR count). The molecule has 0 spiro atoms. The normalized spacial score (nSPS) is 10.4. The Morgan fingerprint density at radius 1 is 1.04 bits per heavy atom. The van der Waals surface area contributed by atoms with Gasteiger partial charge < -0.3 is 19.5 Å². The molecule has 0 radical (unpaired) electrons. The van der Waals surface area contributed by atoms with Gasteiger partial charge in [-0.05, 0) is 30.7 Å². The summed E-state index contributed by atoms with van der Waals surface area (Å²) in [7, 11) is 4.69. The van der Waals surface area contributed by atoms with Crippen LogP contribution in [0.25, 0.3) is 11.3 Å². The first-order valence-corrected chi connectivity index (χ1v) is 8.86. The Kier molecular flexibility index (Phi) is 5.84. The summed E-state index contributed by atoms with van der Waals surface area (Å²) >= 11 is 0. The molecular weight excluding hydrogens is 358 g/mol. The zero-order chi connectivity index (χ0) is 20.1. The molecule has 2 aromatic carbocycles. The van der Waals surface area contributed by atoms with Crippen molar-refractivity contribution in [2.75, 3.05) is 26.6 Å². The second-order valence-corrected chi connectivity index (χ2v) is 6.04. The maximum absolute atomic E-state index is 13.0. The number of aromatic nitrogens is 2. The minimum atomic E-state index is -0.288. The Balaban J connectivity index is 2.01. The van der Waals surface area contributed by atoms with Crippen LogP contribution in [0.4, 0.5) is 5.69 Å². The van der Waals surface area contributed by atoms with Crippen molar-refractivity contribution in [1.82, 2.24) is 10.2 Å². The summed E-state index contributed by atoms with van der Waals surface area (Å²) in [5.41, 5.74) is 3.28. The van der Waals surface area contributed by atoms with Crippen LogP contribution >= 0.6 is 0 Å². The molecule has 3 aromatic rings. The van der Waals surface area contributed by atoms with Crippen LogP contribution in [0, 0.1) is 0 Å². The number of hydrogen-bond acceptors (Lipinski definition) is 5. The van der Waals surface area contributed by atoms with Gasteiger partial charge in [0.25, 0.3) is 5.91 Å². The number of methoxy groups -OCH3 is 3. The molecule has 0 saturated carbocycles. The minimum absolute atomic E-state index is 0.288. The van der Waals surface area contributed by atoms with Gasteiger partial charge in [0.15, 0.2) is 0 Å². The molecule has 1 amide bonds. The first-order chi connectivity index (χ1) is 13.6. The molecule has 0 atom stereocenters. The van der Waals surface area contributed by atoms with Crippen LogP contribution < -0.4 is 19.5 Å². The number of H-pyrrole nitrogens is 1. The number of aryl methyl sites for hydroxylation is 1. The minimum Gasteiger partial charge on any atom is -0.497 e. The highest BCUT2D eigenvalue weighted by molar-refractivity contribution is 6.07. The summed E-state index contributed by atoms with van der Waals surface area (Å²) in [4.78, 5) is 13.0. The fraction of sp³-hybridized carbons (Fsp3) is 0.238. The van der Waals surface area contributed by atoms with Crippen molar-refractivity contribution < 1.29 is 19.0 Å². The maximum Gasteiger partial charge on any atom is 0.256 e. The predicted molar refractivity (Wildman–Crippen MR) is 107 cm³/mol. The zero-order valence-corrected chi connectivity index (χ0v) is 16.3. The number of carbonyl (C=O) groups excluding carboxylic acids is 1. The van der Waals surface area contributed by atoms with Gasteiger partial charge in [-0.3, -0.25) is 9.89 Å². The molecule has 0 aliphatic heterocycles. The fourth-order valence-electron chi connectivity index (χ4n) is 2.93. The third kappa shape index (κ3) is 3.78. The van der Waals surface area contributed by atoms with E-state index in [9.17, 15) is 4.79 Å². The van der Waals surface area contributed by atoms with E-state index in [1.165, 1.54) is 0 Å². The lowest BCUT2D eigenvalue weighted by molar-refractivity contribution is 0.102. The second-order valence-electron chi connectivity index (χ2n) is 6.04. The molecule has 0 aliphatic carbocycles. The number of ether oxygens (including phenoxy) is 3. The molecule has 0 unspecified atom stereocenters. The molecule has 0 bridgehead atoms. The van der Waals surface area contributed by atoms with Crippen LogP contribution in [-0.2, 0) is 6.42 Å². The van der Waals surface area contributed by atoms with Gasteiger partial charge in [-0.25, -0.2) is 0 Å². The van der Waals surface area contributed by atoms with Crippen molar-refractivity contribution in [3.05, 3.63) is 53.7 Å². The van der Waals surface area contributed by atoms with Crippen molar-refractivity contribution >= 4 is 11.6 Å². The quantitative estimate of drug-likeness (QED) is 0.648. The van der Waals surface area contributed by atoms with Crippen LogP contribution in [0.1, 0.15) is 23.0 Å². The molecule has 2 N–H and O–H groups in total. The van der Waals surface area contributed by atoms with E-state index in [2.05, 4.69) is 15.5 Å². The number of para-hydroxylation sites is 1. The molecule has 146 valence electrons. The van der Waals surface area contributed by atoms with E-state index in [1.807, 2.05) is 31.2 Å². The van der Waals surface area contributed by atoms with E-state index < -0.39 is 0 Å². The smallest absolute Gasteiger partial charge is 0.256 e. The third-order valence-corrected chi connectivity index (χ3v) is 4.41. The Labute approximate surface area is 163 Å². The Morgan fingerprint density at radius 2 is 1.71 bits per heavy atom.